The zero-order valence-corrected chi connectivity index (χ0v) is 10.7. The van der Waals surface area contributed by atoms with E-state index in [0.29, 0.717) is 6.04 Å². The van der Waals surface area contributed by atoms with Crippen LogP contribution in [0.15, 0.2) is 12.7 Å². The summed E-state index contributed by atoms with van der Waals surface area (Å²) in [6, 6.07) is 0.677. The van der Waals surface area contributed by atoms with Crippen molar-refractivity contribution in [2.75, 3.05) is 19.8 Å². The number of rotatable bonds is 9. The van der Waals surface area contributed by atoms with Crippen LogP contribution in [0.4, 0.5) is 0 Å². The Hall–Kier alpha value is -0.340. The predicted octanol–water partition coefficient (Wildman–Crippen LogP) is 3.14. The summed E-state index contributed by atoms with van der Waals surface area (Å²) in [6.07, 6.45) is 9.70. The minimum Gasteiger partial charge on any atom is -0.381 e. The predicted molar refractivity (Wildman–Crippen MR) is 69.7 cm³/mol. The van der Waals surface area contributed by atoms with E-state index < -0.39 is 0 Å². The molecule has 0 aliphatic carbocycles. The topological polar surface area (TPSA) is 21.3 Å². The standard InChI is InChI=1S/C14H27NO/c1-3-5-6-7-8-9-14(15-4-2)13-10-11-16-12-13/h3,13-15H,1,4-12H2,2H3. The fraction of sp³-hybridized carbons (Fsp3) is 0.857. The third-order valence-electron chi connectivity index (χ3n) is 3.42. The van der Waals surface area contributed by atoms with Gasteiger partial charge in [0.05, 0.1) is 6.61 Å². The second kappa shape index (κ2) is 8.77. The van der Waals surface area contributed by atoms with Crippen molar-refractivity contribution >= 4 is 0 Å². The van der Waals surface area contributed by atoms with Gasteiger partial charge in [0.15, 0.2) is 0 Å². The quantitative estimate of drug-likeness (QED) is 0.481. The molecule has 0 spiro atoms. The largest absolute Gasteiger partial charge is 0.381 e. The van der Waals surface area contributed by atoms with Crippen LogP contribution in [-0.4, -0.2) is 25.8 Å². The maximum atomic E-state index is 5.48. The third kappa shape index (κ3) is 5.13. The minimum absolute atomic E-state index is 0.677. The number of nitrogens with one attached hydrogen (secondary N) is 1. The number of ether oxygens (including phenoxy) is 1. The second-order valence-corrected chi connectivity index (χ2v) is 4.71. The van der Waals surface area contributed by atoms with Crippen molar-refractivity contribution in [3.05, 3.63) is 12.7 Å². The lowest BCUT2D eigenvalue weighted by molar-refractivity contribution is 0.175. The SMILES string of the molecule is C=CCCCCCC(NCC)C1CCOC1. The Balaban J connectivity index is 2.14. The highest BCUT2D eigenvalue weighted by molar-refractivity contribution is 4.79. The van der Waals surface area contributed by atoms with Crippen molar-refractivity contribution in [1.29, 1.82) is 0 Å². The van der Waals surface area contributed by atoms with E-state index in [9.17, 15) is 0 Å². The Morgan fingerprint density at radius 1 is 1.44 bits per heavy atom. The molecule has 1 fully saturated rings. The van der Waals surface area contributed by atoms with E-state index in [2.05, 4.69) is 18.8 Å². The second-order valence-electron chi connectivity index (χ2n) is 4.71. The van der Waals surface area contributed by atoms with E-state index in [4.69, 9.17) is 4.74 Å². The number of hydrogen-bond acceptors (Lipinski definition) is 2. The van der Waals surface area contributed by atoms with E-state index in [0.717, 1.165) is 25.7 Å². The first-order valence-corrected chi connectivity index (χ1v) is 6.80. The van der Waals surface area contributed by atoms with E-state index in [1.807, 2.05) is 6.08 Å². The highest BCUT2D eigenvalue weighted by atomic mass is 16.5. The van der Waals surface area contributed by atoms with Crippen LogP contribution in [-0.2, 0) is 4.74 Å². The van der Waals surface area contributed by atoms with Crippen molar-refractivity contribution in [2.24, 2.45) is 5.92 Å². The zero-order valence-electron chi connectivity index (χ0n) is 10.7. The Labute approximate surface area is 100 Å². The van der Waals surface area contributed by atoms with Gasteiger partial charge in [0.25, 0.3) is 0 Å². The Morgan fingerprint density at radius 2 is 2.31 bits per heavy atom. The average molecular weight is 225 g/mol. The molecule has 2 heteroatoms. The Bertz CT molecular complexity index is 176. The summed E-state index contributed by atoms with van der Waals surface area (Å²) < 4.78 is 5.48. The van der Waals surface area contributed by atoms with Crippen LogP contribution in [0.25, 0.3) is 0 Å². The Morgan fingerprint density at radius 3 is 2.94 bits per heavy atom. The van der Waals surface area contributed by atoms with Gasteiger partial charge in [0.2, 0.25) is 0 Å². The minimum atomic E-state index is 0.677. The van der Waals surface area contributed by atoms with Crippen LogP contribution in [0.5, 0.6) is 0 Å². The number of allylic oxidation sites excluding steroid dienone is 1. The molecule has 1 heterocycles. The Kier molecular flexibility index (Phi) is 7.52. The molecule has 2 nitrogen and oxygen atoms in total. The molecular formula is C14H27NO. The molecular weight excluding hydrogens is 198 g/mol. The maximum Gasteiger partial charge on any atom is 0.0510 e. The molecule has 94 valence electrons. The van der Waals surface area contributed by atoms with Crippen molar-refractivity contribution in [3.63, 3.8) is 0 Å². The smallest absolute Gasteiger partial charge is 0.0510 e. The first kappa shape index (κ1) is 13.7. The van der Waals surface area contributed by atoms with Crippen LogP contribution < -0.4 is 5.32 Å². The molecule has 1 saturated heterocycles. The van der Waals surface area contributed by atoms with E-state index in [1.165, 1.54) is 38.5 Å². The molecule has 1 rings (SSSR count). The molecule has 0 radical (unpaired) electrons. The van der Waals surface area contributed by atoms with Gasteiger partial charge in [-0.1, -0.05) is 25.8 Å². The number of unbranched alkanes of at least 4 members (excludes halogenated alkanes) is 3. The van der Waals surface area contributed by atoms with Crippen LogP contribution >= 0.6 is 0 Å². The molecule has 2 unspecified atom stereocenters. The van der Waals surface area contributed by atoms with E-state index in [-0.39, 0.29) is 0 Å². The van der Waals surface area contributed by atoms with Gasteiger partial charge in [0.1, 0.15) is 0 Å². The lowest BCUT2D eigenvalue weighted by atomic mass is 9.93. The van der Waals surface area contributed by atoms with Gasteiger partial charge in [-0.2, -0.15) is 0 Å². The first-order valence-electron chi connectivity index (χ1n) is 6.80. The lowest BCUT2D eigenvalue weighted by Gasteiger charge is -2.23. The molecule has 1 aliphatic heterocycles. The highest BCUT2D eigenvalue weighted by Crippen LogP contribution is 2.21. The highest BCUT2D eigenvalue weighted by Gasteiger charge is 2.24. The molecule has 0 aromatic carbocycles. The lowest BCUT2D eigenvalue weighted by Crippen LogP contribution is -2.36. The molecule has 0 saturated carbocycles. The van der Waals surface area contributed by atoms with Gasteiger partial charge in [-0.25, -0.2) is 0 Å². The summed E-state index contributed by atoms with van der Waals surface area (Å²) in [5.74, 6) is 0.749. The van der Waals surface area contributed by atoms with Gasteiger partial charge in [-0.05, 0) is 38.1 Å². The molecule has 0 amide bonds. The summed E-state index contributed by atoms with van der Waals surface area (Å²) in [6.45, 7) is 8.95. The maximum absolute atomic E-state index is 5.48. The monoisotopic (exact) mass is 225 g/mol. The molecule has 1 aliphatic rings. The fourth-order valence-corrected chi connectivity index (χ4v) is 2.47. The van der Waals surface area contributed by atoms with Gasteiger partial charge in [0, 0.05) is 12.6 Å². The number of hydrogen-bond donors (Lipinski definition) is 1. The van der Waals surface area contributed by atoms with E-state index in [1.54, 1.807) is 0 Å². The summed E-state index contributed by atoms with van der Waals surface area (Å²) in [7, 11) is 0. The van der Waals surface area contributed by atoms with Crippen molar-refractivity contribution in [1.82, 2.24) is 5.32 Å². The normalized spacial score (nSPS) is 22.2. The van der Waals surface area contributed by atoms with Gasteiger partial charge >= 0.3 is 0 Å². The molecule has 16 heavy (non-hydrogen) atoms. The van der Waals surface area contributed by atoms with Crippen LogP contribution in [0, 0.1) is 5.92 Å². The average Bonchev–Trinajstić information content (AvgIpc) is 2.81. The summed E-state index contributed by atoms with van der Waals surface area (Å²) in [5.41, 5.74) is 0. The molecule has 0 bridgehead atoms. The molecule has 1 N–H and O–H groups in total. The summed E-state index contributed by atoms with van der Waals surface area (Å²) >= 11 is 0. The molecule has 2 atom stereocenters. The molecule has 0 aromatic heterocycles. The molecule has 0 aromatic rings. The van der Waals surface area contributed by atoms with Gasteiger partial charge in [-0.15, -0.1) is 6.58 Å². The third-order valence-corrected chi connectivity index (χ3v) is 3.42. The summed E-state index contributed by atoms with van der Waals surface area (Å²) in [4.78, 5) is 0. The van der Waals surface area contributed by atoms with Crippen molar-refractivity contribution in [2.45, 2.75) is 51.5 Å². The zero-order chi connectivity index (χ0) is 11.6. The summed E-state index contributed by atoms with van der Waals surface area (Å²) in [5, 5.41) is 3.62. The van der Waals surface area contributed by atoms with Crippen LogP contribution in [0.2, 0.25) is 0 Å². The first-order chi connectivity index (χ1) is 7.88. The van der Waals surface area contributed by atoms with E-state index >= 15 is 0 Å². The fourth-order valence-electron chi connectivity index (χ4n) is 2.47. The van der Waals surface area contributed by atoms with Gasteiger partial charge in [-0.3, -0.25) is 0 Å². The van der Waals surface area contributed by atoms with Crippen LogP contribution in [0.3, 0.4) is 0 Å². The van der Waals surface area contributed by atoms with Gasteiger partial charge < -0.3 is 10.1 Å². The van der Waals surface area contributed by atoms with Crippen molar-refractivity contribution in [3.8, 4) is 0 Å². The van der Waals surface area contributed by atoms with Crippen molar-refractivity contribution < 1.29 is 4.74 Å². The van der Waals surface area contributed by atoms with Crippen LogP contribution in [0.1, 0.15) is 45.4 Å².